The zero-order valence-corrected chi connectivity index (χ0v) is 17.6. The SMILES string of the molecule is Cc1nc(COc2ccc(C(=O)OCC(=O)NCc3ccc4c(c3)OCO4)cc2)cs1. The number of esters is 1. The van der Waals surface area contributed by atoms with Crippen LogP contribution in [-0.2, 0) is 22.7 Å². The van der Waals surface area contributed by atoms with E-state index in [-0.39, 0.29) is 19.9 Å². The fourth-order valence-corrected chi connectivity index (χ4v) is 3.43. The summed E-state index contributed by atoms with van der Waals surface area (Å²) in [5, 5.41) is 5.63. The summed E-state index contributed by atoms with van der Waals surface area (Å²) in [7, 11) is 0. The Morgan fingerprint density at radius 1 is 1.13 bits per heavy atom. The van der Waals surface area contributed by atoms with E-state index in [1.807, 2.05) is 18.4 Å². The molecule has 1 N–H and O–H groups in total. The lowest BCUT2D eigenvalue weighted by Gasteiger charge is -2.08. The number of ether oxygens (including phenoxy) is 4. The first-order valence-electron chi connectivity index (χ1n) is 9.53. The van der Waals surface area contributed by atoms with Gasteiger partial charge in [0.15, 0.2) is 18.1 Å². The minimum atomic E-state index is -0.583. The molecule has 2 heterocycles. The van der Waals surface area contributed by atoms with Crippen LogP contribution in [0, 0.1) is 6.92 Å². The van der Waals surface area contributed by atoms with Gasteiger partial charge in [-0.3, -0.25) is 4.79 Å². The average molecular weight is 440 g/mol. The molecule has 160 valence electrons. The van der Waals surface area contributed by atoms with E-state index in [1.165, 1.54) is 0 Å². The highest BCUT2D eigenvalue weighted by atomic mass is 32.1. The molecule has 1 aromatic heterocycles. The van der Waals surface area contributed by atoms with Crippen molar-refractivity contribution in [1.29, 1.82) is 0 Å². The number of carbonyl (C=O) groups excluding carboxylic acids is 2. The van der Waals surface area contributed by atoms with Crippen molar-refractivity contribution in [2.45, 2.75) is 20.1 Å². The van der Waals surface area contributed by atoms with Crippen molar-refractivity contribution in [3.8, 4) is 17.2 Å². The summed E-state index contributed by atoms with van der Waals surface area (Å²) in [4.78, 5) is 28.5. The molecule has 4 rings (SSSR count). The van der Waals surface area contributed by atoms with Gasteiger partial charge in [0.05, 0.1) is 16.3 Å². The van der Waals surface area contributed by atoms with Crippen LogP contribution in [-0.4, -0.2) is 30.3 Å². The maximum atomic E-state index is 12.2. The van der Waals surface area contributed by atoms with E-state index in [0.717, 1.165) is 16.3 Å². The zero-order chi connectivity index (χ0) is 21.6. The Hall–Kier alpha value is -3.59. The van der Waals surface area contributed by atoms with Crippen molar-refractivity contribution in [3.63, 3.8) is 0 Å². The smallest absolute Gasteiger partial charge is 0.338 e. The first-order valence-corrected chi connectivity index (χ1v) is 10.4. The number of carbonyl (C=O) groups is 2. The summed E-state index contributed by atoms with van der Waals surface area (Å²) in [6, 6.07) is 12.0. The molecule has 0 aliphatic carbocycles. The topological polar surface area (TPSA) is 96.0 Å². The van der Waals surface area contributed by atoms with Gasteiger partial charge in [0, 0.05) is 11.9 Å². The Balaban J connectivity index is 1.20. The second kappa shape index (κ2) is 9.48. The van der Waals surface area contributed by atoms with Gasteiger partial charge in [0.1, 0.15) is 12.4 Å². The minimum Gasteiger partial charge on any atom is -0.487 e. The van der Waals surface area contributed by atoms with Crippen LogP contribution in [0.1, 0.15) is 26.6 Å². The molecule has 2 aromatic carbocycles. The highest BCUT2D eigenvalue weighted by molar-refractivity contribution is 7.09. The molecular formula is C22H20N2O6S. The quantitative estimate of drug-likeness (QED) is 0.537. The van der Waals surface area contributed by atoms with Crippen molar-refractivity contribution in [2.24, 2.45) is 0 Å². The first-order chi connectivity index (χ1) is 15.1. The lowest BCUT2D eigenvalue weighted by atomic mass is 10.2. The first kappa shape index (κ1) is 20.7. The van der Waals surface area contributed by atoms with E-state index in [0.29, 0.717) is 29.4 Å². The van der Waals surface area contributed by atoms with E-state index in [9.17, 15) is 9.59 Å². The Labute approximate surface area is 182 Å². The summed E-state index contributed by atoms with van der Waals surface area (Å²) < 4.78 is 21.3. The number of fused-ring (bicyclic) bond motifs is 1. The van der Waals surface area contributed by atoms with Crippen LogP contribution in [0.3, 0.4) is 0 Å². The summed E-state index contributed by atoms with van der Waals surface area (Å²) in [5.41, 5.74) is 2.05. The van der Waals surface area contributed by atoms with E-state index in [4.69, 9.17) is 18.9 Å². The van der Waals surface area contributed by atoms with Crippen LogP contribution < -0.4 is 19.5 Å². The van der Waals surface area contributed by atoms with Gasteiger partial charge in [0.2, 0.25) is 6.79 Å². The normalized spacial score (nSPS) is 11.8. The summed E-state index contributed by atoms with van der Waals surface area (Å²) in [6.07, 6.45) is 0. The highest BCUT2D eigenvalue weighted by Gasteiger charge is 2.14. The number of thiazole rings is 1. The van der Waals surface area contributed by atoms with Crippen molar-refractivity contribution in [3.05, 3.63) is 69.7 Å². The van der Waals surface area contributed by atoms with Gasteiger partial charge >= 0.3 is 5.97 Å². The molecule has 31 heavy (non-hydrogen) atoms. The fourth-order valence-electron chi connectivity index (χ4n) is 2.84. The van der Waals surface area contributed by atoms with Gasteiger partial charge in [-0.1, -0.05) is 6.07 Å². The molecule has 0 atom stereocenters. The van der Waals surface area contributed by atoms with E-state index >= 15 is 0 Å². The molecule has 1 aliphatic rings. The lowest BCUT2D eigenvalue weighted by Crippen LogP contribution is -2.28. The van der Waals surface area contributed by atoms with Gasteiger partial charge in [-0.2, -0.15) is 0 Å². The molecule has 0 spiro atoms. The van der Waals surface area contributed by atoms with Gasteiger partial charge in [-0.15, -0.1) is 11.3 Å². The van der Waals surface area contributed by atoms with Crippen LogP contribution in [0.4, 0.5) is 0 Å². The molecular weight excluding hydrogens is 420 g/mol. The van der Waals surface area contributed by atoms with Crippen molar-refractivity contribution < 1.29 is 28.5 Å². The molecule has 0 fully saturated rings. The molecule has 1 amide bonds. The van der Waals surface area contributed by atoms with E-state index in [1.54, 1.807) is 47.7 Å². The average Bonchev–Trinajstić information content (AvgIpc) is 3.43. The molecule has 9 heteroatoms. The molecule has 0 unspecified atom stereocenters. The Morgan fingerprint density at radius 2 is 1.94 bits per heavy atom. The van der Waals surface area contributed by atoms with Gasteiger partial charge in [-0.05, 0) is 48.9 Å². The number of rotatable bonds is 8. The molecule has 1 aliphatic heterocycles. The Kier molecular flexibility index (Phi) is 6.32. The maximum Gasteiger partial charge on any atom is 0.338 e. The maximum absolute atomic E-state index is 12.2. The second-order valence-corrected chi connectivity index (χ2v) is 7.77. The molecule has 0 saturated carbocycles. The standard InChI is InChI=1S/C22H20N2O6S/c1-14-24-17(12-31-14)10-27-18-5-3-16(4-6-18)22(26)28-11-21(25)23-9-15-2-7-19-20(8-15)30-13-29-19/h2-8,12H,9-11,13H2,1H3,(H,23,25). The summed E-state index contributed by atoms with van der Waals surface area (Å²) in [6.45, 7) is 2.41. The Bertz CT molecular complexity index is 1080. The fraction of sp³-hybridized carbons (Fsp3) is 0.227. The predicted octanol–water partition coefficient (Wildman–Crippen LogP) is 3.23. The molecule has 0 bridgehead atoms. The molecule has 0 radical (unpaired) electrons. The Morgan fingerprint density at radius 3 is 2.71 bits per heavy atom. The number of benzene rings is 2. The number of hydrogen-bond acceptors (Lipinski definition) is 8. The van der Waals surface area contributed by atoms with Crippen LogP contribution in [0.5, 0.6) is 17.2 Å². The number of amides is 1. The van der Waals surface area contributed by atoms with Crippen molar-refractivity contribution in [1.82, 2.24) is 10.3 Å². The number of aryl methyl sites for hydroxylation is 1. The second-order valence-electron chi connectivity index (χ2n) is 6.71. The van der Waals surface area contributed by atoms with Gasteiger partial charge in [0.25, 0.3) is 5.91 Å². The molecule has 3 aromatic rings. The number of hydrogen-bond donors (Lipinski definition) is 1. The van der Waals surface area contributed by atoms with Crippen molar-refractivity contribution >= 4 is 23.2 Å². The lowest BCUT2D eigenvalue weighted by molar-refractivity contribution is -0.124. The van der Waals surface area contributed by atoms with Crippen LogP contribution in [0.15, 0.2) is 47.8 Å². The predicted molar refractivity (Wildman–Crippen MR) is 112 cm³/mol. The third-order valence-electron chi connectivity index (χ3n) is 4.40. The van der Waals surface area contributed by atoms with Crippen LogP contribution in [0.2, 0.25) is 0 Å². The summed E-state index contributed by atoms with van der Waals surface area (Å²) >= 11 is 1.56. The number of nitrogens with zero attached hydrogens (tertiary/aromatic N) is 1. The van der Waals surface area contributed by atoms with E-state index in [2.05, 4.69) is 10.3 Å². The summed E-state index contributed by atoms with van der Waals surface area (Å²) in [5.74, 6) is 0.957. The highest BCUT2D eigenvalue weighted by Crippen LogP contribution is 2.32. The van der Waals surface area contributed by atoms with Gasteiger partial charge < -0.3 is 24.3 Å². The third-order valence-corrected chi connectivity index (χ3v) is 5.23. The van der Waals surface area contributed by atoms with Gasteiger partial charge in [-0.25, -0.2) is 9.78 Å². The number of aromatic nitrogens is 1. The number of nitrogens with one attached hydrogen (secondary N) is 1. The van der Waals surface area contributed by atoms with Crippen LogP contribution in [0.25, 0.3) is 0 Å². The monoisotopic (exact) mass is 440 g/mol. The minimum absolute atomic E-state index is 0.194. The molecule has 8 nitrogen and oxygen atoms in total. The van der Waals surface area contributed by atoms with Crippen molar-refractivity contribution in [2.75, 3.05) is 13.4 Å². The van der Waals surface area contributed by atoms with Crippen LogP contribution >= 0.6 is 11.3 Å². The largest absolute Gasteiger partial charge is 0.487 e. The van der Waals surface area contributed by atoms with E-state index < -0.39 is 11.9 Å². The molecule has 0 saturated heterocycles. The third kappa shape index (κ3) is 5.52. The zero-order valence-electron chi connectivity index (χ0n) is 16.8.